The first kappa shape index (κ1) is 18.4. The molecular formula is C22H23ClN2O. The molecule has 0 fully saturated rings. The van der Waals surface area contributed by atoms with Gasteiger partial charge in [-0.2, -0.15) is 0 Å². The Hall–Kier alpha value is -2.36. The van der Waals surface area contributed by atoms with Gasteiger partial charge in [-0.3, -0.25) is 0 Å². The molecule has 3 rings (SSSR count). The first-order valence-corrected chi connectivity index (χ1v) is 9.15. The molecule has 0 atom stereocenters. The third kappa shape index (κ3) is 4.84. The summed E-state index contributed by atoms with van der Waals surface area (Å²) in [6.45, 7) is 1.04. The first-order chi connectivity index (χ1) is 12.7. The summed E-state index contributed by atoms with van der Waals surface area (Å²) in [5.74, 6) is 0.971. The van der Waals surface area contributed by atoms with E-state index in [-0.39, 0.29) is 6.61 Å². The highest BCUT2D eigenvalue weighted by Gasteiger charge is 2.04. The lowest BCUT2D eigenvalue weighted by Crippen LogP contribution is -2.20. The van der Waals surface area contributed by atoms with Gasteiger partial charge in [0.25, 0.3) is 0 Å². The Labute approximate surface area is 159 Å². The van der Waals surface area contributed by atoms with E-state index >= 15 is 0 Å². The van der Waals surface area contributed by atoms with Crippen LogP contribution in [0.5, 0.6) is 0 Å². The highest BCUT2D eigenvalue weighted by atomic mass is 35.5. The van der Waals surface area contributed by atoms with Crippen LogP contribution in [0.1, 0.15) is 17.5 Å². The van der Waals surface area contributed by atoms with Crippen LogP contribution in [0.3, 0.4) is 0 Å². The van der Waals surface area contributed by atoms with Crippen LogP contribution in [0.15, 0.2) is 66.9 Å². The van der Waals surface area contributed by atoms with E-state index in [9.17, 15) is 0 Å². The number of halogens is 1. The number of aliphatic hydroxyl groups is 1. The number of hydrogen-bond acceptors (Lipinski definition) is 3. The number of aromatic nitrogens is 1. The molecule has 2 aromatic carbocycles. The molecule has 0 aliphatic carbocycles. The molecule has 3 aromatic rings. The van der Waals surface area contributed by atoms with E-state index in [1.807, 2.05) is 42.6 Å². The molecule has 1 N–H and O–H groups in total. The maximum atomic E-state index is 9.09. The lowest BCUT2D eigenvalue weighted by atomic mass is 10.1. The molecule has 0 bridgehead atoms. The minimum Gasteiger partial charge on any atom is -0.392 e. The summed E-state index contributed by atoms with van der Waals surface area (Å²) in [4.78, 5) is 6.77. The van der Waals surface area contributed by atoms with Crippen molar-refractivity contribution in [1.29, 1.82) is 0 Å². The molecule has 0 aliphatic heterocycles. The van der Waals surface area contributed by atoms with Gasteiger partial charge in [0.15, 0.2) is 0 Å². The Morgan fingerprint density at radius 3 is 2.15 bits per heavy atom. The standard InChI is InChI=1S/C22H23ClN2O/c1-25(14-2-3-17-4-6-18(16-26)7-5-17)22-13-10-20(15-24-22)19-8-11-21(23)12-9-19/h4-13,15,26H,2-3,14,16H2,1H3. The van der Waals surface area contributed by atoms with Crippen LogP contribution in [-0.2, 0) is 13.0 Å². The number of anilines is 1. The summed E-state index contributed by atoms with van der Waals surface area (Å²) in [6, 6.07) is 20.1. The van der Waals surface area contributed by atoms with Crippen LogP contribution < -0.4 is 4.90 Å². The number of nitrogens with zero attached hydrogens (tertiary/aromatic N) is 2. The van der Waals surface area contributed by atoms with Gasteiger partial charge in [-0.15, -0.1) is 0 Å². The second kappa shape index (κ2) is 8.84. The van der Waals surface area contributed by atoms with Crippen molar-refractivity contribution in [3.63, 3.8) is 0 Å². The molecule has 0 unspecified atom stereocenters. The third-order valence-corrected chi connectivity index (χ3v) is 4.73. The van der Waals surface area contributed by atoms with Gasteiger partial charge >= 0.3 is 0 Å². The maximum Gasteiger partial charge on any atom is 0.128 e. The molecule has 0 saturated carbocycles. The fourth-order valence-electron chi connectivity index (χ4n) is 2.87. The second-order valence-electron chi connectivity index (χ2n) is 6.41. The van der Waals surface area contributed by atoms with Gasteiger partial charge in [0.05, 0.1) is 6.61 Å². The summed E-state index contributed by atoms with van der Waals surface area (Å²) in [7, 11) is 2.07. The van der Waals surface area contributed by atoms with Gasteiger partial charge in [-0.05, 0) is 53.8 Å². The minimum absolute atomic E-state index is 0.0979. The van der Waals surface area contributed by atoms with Gasteiger partial charge in [0.1, 0.15) is 5.82 Å². The van der Waals surface area contributed by atoms with Crippen LogP contribution in [0.2, 0.25) is 5.02 Å². The minimum atomic E-state index is 0.0979. The monoisotopic (exact) mass is 366 g/mol. The zero-order valence-corrected chi connectivity index (χ0v) is 15.7. The van der Waals surface area contributed by atoms with E-state index < -0.39 is 0 Å². The average molecular weight is 367 g/mol. The molecular weight excluding hydrogens is 344 g/mol. The number of benzene rings is 2. The van der Waals surface area contributed by atoms with Crippen LogP contribution in [0.4, 0.5) is 5.82 Å². The number of hydrogen-bond donors (Lipinski definition) is 1. The third-order valence-electron chi connectivity index (χ3n) is 4.48. The van der Waals surface area contributed by atoms with E-state index in [0.717, 1.165) is 46.9 Å². The molecule has 0 saturated heterocycles. The van der Waals surface area contributed by atoms with Crippen molar-refractivity contribution in [2.45, 2.75) is 19.4 Å². The second-order valence-corrected chi connectivity index (χ2v) is 6.85. The van der Waals surface area contributed by atoms with E-state index in [4.69, 9.17) is 16.7 Å². The van der Waals surface area contributed by atoms with Crippen molar-refractivity contribution < 1.29 is 5.11 Å². The molecule has 134 valence electrons. The smallest absolute Gasteiger partial charge is 0.128 e. The summed E-state index contributed by atoms with van der Waals surface area (Å²) in [6.07, 6.45) is 3.97. The van der Waals surface area contributed by atoms with Crippen molar-refractivity contribution >= 4 is 17.4 Å². The van der Waals surface area contributed by atoms with Crippen molar-refractivity contribution in [2.75, 3.05) is 18.5 Å². The van der Waals surface area contributed by atoms with Crippen molar-refractivity contribution in [1.82, 2.24) is 4.98 Å². The summed E-state index contributed by atoms with van der Waals surface area (Å²) in [5.41, 5.74) is 4.45. The van der Waals surface area contributed by atoms with E-state index in [1.165, 1.54) is 5.56 Å². The number of pyridine rings is 1. The van der Waals surface area contributed by atoms with Crippen LogP contribution >= 0.6 is 11.6 Å². The Kier molecular flexibility index (Phi) is 6.26. The molecule has 0 spiro atoms. The number of rotatable bonds is 7. The molecule has 0 aliphatic rings. The first-order valence-electron chi connectivity index (χ1n) is 8.77. The van der Waals surface area contributed by atoms with Crippen molar-refractivity contribution in [3.8, 4) is 11.1 Å². The van der Waals surface area contributed by atoms with Crippen LogP contribution in [0, 0.1) is 0 Å². The zero-order chi connectivity index (χ0) is 18.4. The highest BCUT2D eigenvalue weighted by Crippen LogP contribution is 2.22. The highest BCUT2D eigenvalue weighted by molar-refractivity contribution is 6.30. The molecule has 0 radical (unpaired) electrons. The summed E-state index contributed by atoms with van der Waals surface area (Å²) < 4.78 is 0. The average Bonchev–Trinajstić information content (AvgIpc) is 2.69. The van der Waals surface area contributed by atoms with Crippen molar-refractivity contribution in [3.05, 3.63) is 83.0 Å². The fraction of sp³-hybridized carbons (Fsp3) is 0.227. The van der Waals surface area contributed by atoms with Crippen LogP contribution in [0.25, 0.3) is 11.1 Å². The largest absolute Gasteiger partial charge is 0.392 e. The van der Waals surface area contributed by atoms with Gasteiger partial charge in [0, 0.05) is 30.4 Å². The molecule has 3 nitrogen and oxygen atoms in total. The van der Waals surface area contributed by atoms with Gasteiger partial charge < -0.3 is 10.0 Å². The molecule has 26 heavy (non-hydrogen) atoms. The Balaban J connectivity index is 1.54. The van der Waals surface area contributed by atoms with Gasteiger partial charge in [0.2, 0.25) is 0 Å². The topological polar surface area (TPSA) is 36.4 Å². The Morgan fingerprint density at radius 1 is 0.885 bits per heavy atom. The van der Waals surface area contributed by atoms with Crippen LogP contribution in [-0.4, -0.2) is 23.7 Å². The summed E-state index contributed by atoms with van der Waals surface area (Å²) in [5, 5.41) is 9.83. The lowest BCUT2D eigenvalue weighted by Gasteiger charge is -2.18. The fourth-order valence-corrected chi connectivity index (χ4v) is 3.00. The molecule has 4 heteroatoms. The predicted octanol–water partition coefficient (Wildman–Crippen LogP) is 4.96. The number of aliphatic hydroxyl groups excluding tert-OH is 1. The van der Waals surface area contributed by atoms with Crippen molar-refractivity contribution in [2.24, 2.45) is 0 Å². The normalized spacial score (nSPS) is 10.7. The molecule has 1 aromatic heterocycles. The quantitative estimate of drug-likeness (QED) is 0.641. The molecule has 0 amide bonds. The Bertz CT molecular complexity index is 814. The van der Waals surface area contributed by atoms with Gasteiger partial charge in [-0.1, -0.05) is 48.0 Å². The van der Waals surface area contributed by atoms with E-state index in [1.54, 1.807) is 0 Å². The summed E-state index contributed by atoms with van der Waals surface area (Å²) >= 11 is 5.94. The molecule has 1 heterocycles. The Morgan fingerprint density at radius 2 is 1.54 bits per heavy atom. The number of aryl methyl sites for hydroxylation is 1. The zero-order valence-electron chi connectivity index (χ0n) is 14.9. The van der Waals surface area contributed by atoms with E-state index in [0.29, 0.717) is 0 Å². The van der Waals surface area contributed by atoms with E-state index in [2.05, 4.69) is 41.2 Å². The van der Waals surface area contributed by atoms with Gasteiger partial charge in [-0.25, -0.2) is 4.98 Å². The predicted molar refractivity (Wildman–Crippen MR) is 109 cm³/mol. The SMILES string of the molecule is CN(CCCc1ccc(CO)cc1)c1ccc(-c2ccc(Cl)cc2)cn1. The maximum absolute atomic E-state index is 9.09. The lowest BCUT2D eigenvalue weighted by molar-refractivity contribution is 0.282.